The van der Waals surface area contributed by atoms with E-state index in [1.807, 2.05) is 42.5 Å². The molecule has 0 aliphatic carbocycles. The molecule has 0 heterocycles. The van der Waals surface area contributed by atoms with Gasteiger partial charge in [-0.3, -0.25) is 0 Å². The van der Waals surface area contributed by atoms with Gasteiger partial charge in [0.2, 0.25) is 0 Å². The van der Waals surface area contributed by atoms with Crippen molar-refractivity contribution in [2.75, 3.05) is 7.11 Å². The number of methoxy groups -OCH3 is 1. The molecule has 2 rings (SSSR count). The van der Waals surface area contributed by atoms with Gasteiger partial charge in [0.15, 0.2) is 0 Å². The Hall–Kier alpha value is -1.32. The Bertz CT molecular complexity index is 523. The van der Waals surface area contributed by atoms with Crippen molar-refractivity contribution >= 4 is 15.9 Å². The van der Waals surface area contributed by atoms with Gasteiger partial charge >= 0.3 is 0 Å². The van der Waals surface area contributed by atoms with Gasteiger partial charge in [-0.15, -0.1) is 0 Å². The van der Waals surface area contributed by atoms with Crippen molar-refractivity contribution < 1.29 is 9.84 Å². The van der Waals surface area contributed by atoms with E-state index >= 15 is 0 Å². The fraction of sp³-hybridized carbons (Fsp3) is 0.143. The predicted molar refractivity (Wildman–Crippen MR) is 72.1 cm³/mol. The van der Waals surface area contributed by atoms with E-state index in [0.29, 0.717) is 0 Å². The highest BCUT2D eigenvalue weighted by molar-refractivity contribution is 9.10. The minimum absolute atomic E-state index is 0.0458. The van der Waals surface area contributed by atoms with Crippen LogP contribution in [0.2, 0.25) is 0 Å². The predicted octanol–water partition coefficient (Wildman–Crippen LogP) is 3.62. The van der Waals surface area contributed by atoms with E-state index in [9.17, 15) is 0 Å². The smallest absolute Gasteiger partial charge is 0.140 e. The van der Waals surface area contributed by atoms with Crippen LogP contribution in [0.4, 0.5) is 0 Å². The maximum absolute atomic E-state index is 9.15. The summed E-state index contributed by atoms with van der Waals surface area (Å²) in [6, 6.07) is 13.7. The molecular formula is C14H13BrO2. The third-order valence-corrected chi connectivity index (χ3v) is 3.22. The minimum atomic E-state index is 0.0458. The molecule has 0 aliphatic heterocycles. The Kier molecular flexibility index (Phi) is 3.82. The van der Waals surface area contributed by atoms with E-state index in [2.05, 4.69) is 15.9 Å². The second-order valence-electron chi connectivity index (χ2n) is 3.68. The van der Waals surface area contributed by atoms with Crippen LogP contribution in [0.3, 0.4) is 0 Å². The Morgan fingerprint density at radius 2 is 1.94 bits per heavy atom. The molecular weight excluding hydrogens is 280 g/mol. The van der Waals surface area contributed by atoms with Gasteiger partial charge in [-0.25, -0.2) is 0 Å². The number of hydrogen-bond donors (Lipinski definition) is 1. The van der Waals surface area contributed by atoms with Crippen LogP contribution in [0.5, 0.6) is 5.75 Å². The molecule has 0 amide bonds. The summed E-state index contributed by atoms with van der Waals surface area (Å²) >= 11 is 3.47. The highest BCUT2D eigenvalue weighted by Gasteiger charge is 2.09. The zero-order valence-electron chi connectivity index (χ0n) is 9.48. The Morgan fingerprint density at radius 1 is 1.18 bits per heavy atom. The zero-order chi connectivity index (χ0) is 12.3. The van der Waals surface area contributed by atoms with E-state index in [1.54, 1.807) is 7.11 Å². The van der Waals surface area contributed by atoms with Gasteiger partial charge < -0.3 is 9.84 Å². The summed E-state index contributed by atoms with van der Waals surface area (Å²) in [7, 11) is 1.65. The molecule has 0 saturated heterocycles. The SMILES string of the molecule is COc1c(Br)cccc1-c1cccc(CO)c1. The molecule has 1 N–H and O–H groups in total. The molecule has 0 saturated carbocycles. The van der Waals surface area contributed by atoms with Crippen molar-refractivity contribution in [1.29, 1.82) is 0 Å². The average Bonchev–Trinajstić information content (AvgIpc) is 2.38. The third kappa shape index (κ3) is 2.51. The second kappa shape index (κ2) is 5.34. The molecule has 3 heteroatoms. The van der Waals surface area contributed by atoms with Crippen molar-refractivity contribution in [2.45, 2.75) is 6.61 Å². The standard InChI is InChI=1S/C14H13BrO2/c1-17-14-12(6-3-7-13(14)15)11-5-2-4-10(8-11)9-16/h2-8,16H,9H2,1H3. The summed E-state index contributed by atoms with van der Waals surface area (Å²) < 4.78 is 6.32. The lowest BCUT2D eigenvalue weighted by atomic mass is 10.0. The summed E-state index contributed by atoms with van der Waals surface area (Å²) in [6.07, 6.45) is 0. The molecule has 0 bridgehead atoms. The second-order valence-corrected chi connectivity index (χ2v) is 4.53. The fourth-order valence-corrected chi connectivity index (χ4v) is 2.31. The highest BCUT2D eigenvalue weighted by Crippen LogP contribution is 2.36. The van der Waals surface area contributed by atoms with Crippen molar-refractivity contribution in [3.8, 4) is 16.9 Å². The quantitative estimate of drug-likeness (QED) is 0.936. The van der Waals surface area contributed by atoms with E-state index in [1.165, 1.54) is 0 Å². The van der Waals surface area contributed by atoms with Gasteiger partial charge in [0.25, 0.3) is 0 Å². The van der Waals surface area contributed by atoms with E-state index in [4.69, 9.17) is 9.84 Å². The van der Waals surface area contributed by atoms with Crippen LogP contribution >= 0.6 is 15.9 Å². The number of rotatable bonds is 3. The van der Waals surface area contributed by atoms with Gasteiger partial charge in [-0.2, -0.15) is 0 Å². The first-order chi connectivity index (χ1) is 8.26. The first kappa shape index (κ1) is 12.1. The lowest BCUT2D eigenvalue weighted by Crippen LogP contribution is -1.90. The molecule has 2 aromatic carbocycles. The summed E-state index contributed by atoms with van der Waals surface area (Å²) in [5, 5.41) is 9.15. The lowest BCUT2D eigenvalue weighted by Gasteiger charge is -2.11. The summed E-state index contributed by atoms with van der Waals surface area (Å²) in [6.45, 7) is 0.0458. The summed E-state index contributed by atoms with van der Waals surface area (Å²) in [5.41, 5.74) is 2.94. The molecule has 0 spiro atoms. The number of aliphatic hydroxyl groups excluding tert-OH is 1. The number of hydrogen-bond acceptors (Lipinski definition) is 2. The van der Waals surface area contributed by atoms with Crippen LogP contribution in [0.15, 0.2) is 46.9 Å². The van der Waals surface area contributed by atoms with Crippen LogP contribution in [0.25, 0.3) is 11.1 Å². The fourth-order valence-electron chi connectivity index (χ4n) is 1.78. The molecule has 0 aliphatic rings. The van der Waals surface area contributed by atoms with Gasteiger partial charge in [-0.05, 0) is 39.2 Å². The molecule has 88 valence electrons. The zero-order valence-corrected chi connectivity index (χ0v) is 11.1. The molecule has 0 fully saturated rings. The van der Waals surface area contributed by atoms with Gasteiger partial charge in [-0.1, -0.05) is 30.3 Å². The van der Waals surface area contributed by atoms with Gasteiger partial charge in [0.05, 0.1) is 18.2 Å². The first-order valence-electron chi connectivity index (χ1n) is 5.29. The largest absolute Gasteiger partial charge is 0.495 e. The number of aliphatic hydroxyl groups is 1. The maximum atomic E-state index is 9.15. The highest BCUT2D eigenvalue weighted by atomic mass is 79.9. The Labute approximate surface area is 109 Å². The van der Waals surface area contributed by atoms with Crippen molar-refractivity contribution in [3.05, 3.63) is 52.5 Å². The topological polar surface area (TPSA) is 29.5 Å². The Morgan fingerprint density at radius 3 is 2.65 bits per heavy atom. The van der Waals surface area contributed by atoms with E-state index < -0.39 is 0 Å². The van der Waals surface area contributed by atoms with Crippen LogP contribution in [0.1, 0.15) is 5.56 Å². The molecule has 0 unspecified atom stereocenters. The molecule has 17 heavy (non-hydrogen) atoms. The normalized spacial score (nSPS) is 10.3. The number of para-hydroxylation sites is 1. The summed E-state index contributed by atoms with van der Waals surface area (Å²) in [5.74, 6) is 0.808. The number of ether oxygens (including phenoxy) is 1. The Balaban J connectivity index is 2.55. The lowest BCUT2D eigenvalue weighted by molar-refractivity contribution is 0.282. The molecule has 2 aromatic rings. The first-order valence-corrected chi connectivity index (χ1v) is 6.08. The van der Waals surface area contributed by atoms with Crippen LogP contribution in [0, 0.1) is 0 Å². The van der Waals surface area contributed by atoms with Crippen LogP contribution in [-0.4, -0.2) is 12.2 Å². The van der Waals surface area contributed by atoms with Crippen LogP contribution < -0.4 is 4.74 Å². The molecule has 2 nitrogen and oxygen atoms in total. The monoisotopic (exact) mass is 292 g/mol. The minimum Gasteiger partial charge on any atom is -0.495 e. The van der Waals surface area contributed by atoms with Crippen LogP contribution in [-0.2, 0) is 6.61 Å². The van der Waals surface area contributed by atoms with Crippen molar-refractivity contribution in [2.24, 2.45) is 0 Å². The average molecular weight is 293 g/mol. The third-order valence-electron chi connectivity index (χ3n) is 2.59. The van der Waals surface area contributed by atoms with E-state index in [0.717, 1.165) is 26.9 Å². The maximum Gasteiger partial charge on any atom is 0.140 e. The van der Waals surface area contributed by atoms with Crippen molar-refractivity contribution in [1.82, 2.24) is 0 Å². The van der Waals surface area contributed by atoms with E-state index in [-0.39, 0.29) is 6.61 Å². The number of benzene rings is 2. The summed E-state index contributed by atoms with van der Waals surface area (Å²) in [4.78, 5) is 0. The van der Waals surface area contributed by atoms with Gasteiger partial charge in [0, 0.05) is 5.56 Å². The molecule has 0 atom stereocenters. The van der Waals surface area contributed by atoms with Gasteiger partial charge in [0.1, 0.15) is 5.75 Å². The number of halogens is 1. The van der Waals surface area contributed by atoms with Crippen molar-refractivity contribution in [3.63, 3.8) is 0 Å². The molecule has 0 radical (unpaired) electrons. The molecule has 0 aromatic heterocycles.